The first-order valence-electron chi connectivity index (χ1n) is 7.52. The lowest BCUT2D eigenvalue weighted by molar-refractivity contribution is 0.0511. The minimum atomic E-state index is 0.396. The number of nitrogens with two attached hydrogens (primary N) is 1. The van der Waals surface area contributed by atoms with E-state index >= 15 is 0 Å². The van der Waals surface area contributed by atoms with Gasteiger partial charge in [0.05, 0.1) is 0 Å². The maximum atomic E-state index is 6.46. The maximum absolute atomic E-state index is 6.46. The van der Waals surface area contributed by atoms with E-state index in [4.69, 9.17) is 5.73 Å². The molecular weight excluding hydrogens is 208 g/mol. The summed E-state index contributed by atoms with van der Waals surface area (Å²) in [6.45, 7) is 10.8. The van der Waals surface area contributed by atoms with Crippen molar-refractivity contribution in [3.63, 3.8) is 0 Å². The van der Waals surface area contributed by atoms with Crippen molar-refractivity contribution in [2.75, 3.05) is 6.54 Å². The van der Waals surface area contributed by atoms with Gasteiger partial charge in [-0.25, -0.2) is 0 Å². The van der Waals surface area contributed by atoms with Crippen LogP contribution in [0.2, 0.25) is 0 Å². The second-order valence-electron chi connectivity index (χ2n) is 6.90. The Labute approximate surface area is 107 Å². The Hall–Kier alpha value is -0.0800. The molecule has 0 radical (unpaired) electrons. The summed E-state index contributed by atoms with van der Waals surface area (Å²) in [6.07, 6.45) is 5.33. The van der Waals surface area contributed by atoms with E-state index in [0.717, 1.165) is 23.8 Å². The average molecular weight is 238 g/mol. The molecule has 100 valence electrons. The summed E-state index contributed by atoms with van der Waals surface area (Å²) in [6, 6.07) is 1.82. The first-order valence-corrected chi connectivity index (χ1v) is 7.52. The molecule has 2 N–H and O–H groups in total. The van der Waals surface area contributed by atoms with Gasteiger partial charge < -0.3 is 5.73 Å². The molecule has 0 spiro atoms. The van der Waals surface area contributed by atoms with E-state index in [0.29, 0.717) is 12.1 Å². The zero-order valence-corrected chi connectivity index (χ0v) is 12.0. The van der Waals surface area contributed by atoms with Crippen LogP contribution in [0.5, 0.6) is 0 Å². The Morgan fingerprint density at radius 3 is 2.47 bits per heavy atom. The second kappa shape index (κ2) is 5.27. The molecule has 1 aliphatic carbocycles. The molecule has 2 nitrogen and oxygen atoms in total. The Morgan fingerprint density at radius 2 is 1.88 bits per heavy atom. The molecule has 1 aliphatic heterocycles. The monoisotopic (exact) mass is 238 g/mol. The zero-order valence-electron chi connectivity index (χ0n) is 12.0. The van der Waals surface area contributed by atoms with Gasteiger partial charge in [0.25, 0.3) is 0 Å². The summed E-state index contributed by atoms with van der Waals surface area (Å²) in [4.78, 5) is 2.76. The molecule has 2 aliphatic rings. The summed E-state index contributed by atoms with van der Waals surface area (Å²) in [5.74, 6) is 2.36. The van der Waals surface area contributed by atoms with Crippen LogP contribution in [-0.4, -0.2) is 29.6 Å². The highest BCUT2D eigenvalue weighted by Crippen LogP contribution is 2.36. The standard InChI is InChI=1S/C15H30N2/c1-10(2)14-6-5-7-17(14)15-12(4)8-11(3)9-13(15)16/h10-15H,5-9,16H2,1-4H3. The van der Waals surface area contributed by atoms with E-state index in [-0.39, 0.29) is 0 Å². The number of rotatable bonds is 2. The number of nitrogens with zero attached hydrogens (tertiary/aromatic N) is 1. The van der Waals surface area contributed by atoms with Gasteiger partial charge in [-0.15, -0.1) is 0 Å². The van der Waals surface area contributed by atoms with Crippen molar-refractivity contribution in [1.29, 1.82) is 0 Å². The average Bonchev–Trinajstić information content (AvgIpc) is 2.64. The molecule has 0 amide bonds. The molecule has 0 aromatic rings. The summed E-state index contributed by atoms with van der Waals surface area (Å²) in [5.41, 5.74) is 6.46. The quantitative estimate of drug-likeness (QED) is 0.801. The topological polar surface area (TPSA) is 29.3 Å². The van der Waals surface area contributed by atoms with Gasteiger partial charge in [0.1, 0.15) is 0 Å². The Bertz CT molecular complexity index is 239. The fourth-order valence-corrected chi connectivity index (χ4v) is 4.37. The molecule has 2 rings (SSSR count). The van der Waals surface area contributed by atoms with Crippen LogP contribution in [0.15, 0.2) is 0 Å². The van der Waals surface area contributed by atoms with Crippen LogP contribution in [0.1, 0.15) is 53.4 Å². The summed E-state index contributed by atoms with van der Waals surface area (Å²) in [7, 11) is 0. The third-order valence-corrected chi connectivity index (χ3v) is 4.97. The van der Waals surface area contributed by atoms with Crippen LogP contribution in [0.4, 0.5) is 0 Å². The van der Waals surface area contributed by atoms with Gasteiger partial charge >= 0.3 is 0 Å². The van der Waals surface area contributed by atoms with Gasteiger partial charge in [0.2, 0.25) is 0 Å². The fourth-order valence-electron chi connectivity index (χ4n) is 4.37. The lowest BCUT2D eigenvalue weighted by Crippen LogP contribution is -2.56. The van der Waals surface area contributed by atoms with Crippen molar-refractivity contribution in [3.05, 3.63) is 0 Å². The van der Waals surface area contributed by atoms with E-state index in [1.54, 1.807) is 0 Å². The zero-order chi connectivity index (χ0) is 12.6. The second-order valence-corrected chi connectivity index (χ2v) is 6.90. The molecule has 1 heterocycles. The van der Waals surface area contributed by atoms with Crippen LogP contribution < -0.4 is 5.73 Å². The largest absolute Gasteiger partial charge is 0.326 e. The first kappa shape index (κ1) is 13.4. The highest BCUT2D eigenvalue weighted by Gasteiger charge is 2.40. The number of hydrogen-bond acceptors (Lipinski definition) is 2. The lowest BCUT2D eigenvalue weighted by atomic mass is 9.75. The predicted octanol–water partition coefficient (Wildman–Crippen LogP) is 2.87. The van der Waals surface area contributed by atoms with Crippen LogP contribution in [0.25, 0.3) is 0 Å². The van der Waals surface area contributed by atoms with E-state index in [9.17, 15) is 0 Å². The van der Waals surface area contributed by atoms with E-state index in [1.807, 2.05) is 0 Å². The summed E-state index contributed by atoms with van der Waals surface area (Å²) < 4.78 is 0. The Kier molecular flexibility index (Phi) is 4.14. The molecule has 2 heteroatoms. The molecule has 17 heavy (non-hydrogen) atoms. The fraction of sp³-hybridized carbons (Fsp3) is 1.00. The first-order chi connectivity index (χ1) is 8.00. The number of hydrogen-bond donors (Lipinski definition) is 1. The maximum Gasteiger partial charge on any atom is 0.0276 e. The summed E-state index contributed by atoms with van der Waals surface area (Å²) >= 11 is 0. The molecule has 5 atom stereocenters. The van der Waals surface area contributed by atoms with Crippen LogP contribution >= 0.6 is 0 Å². The molecule has 5 unspecified atom stereocenters. The molecule has 2 fully saturated rings. The van der Waals surface area contributed by atoms with Crippen LogP contribution in [0, 0.1) is 17.8 Å². The number of likely N-dealkylation sites (tertiary alicyclic amines) is 1. The third-order valence-electron chi connectivity index (χ3n) is 4.97. The van der Waals surface area contributed by atoms with Gasteiger partial charge in [-0.3, -0.25) is 4.90 Å². The molecule has 1 saturated heterocycles. The van der Waals surface area contributed by atoms with Gasteiger partial charge in [-0.05, 0) is 50.0 Å². The SMILES string of the molecule is CC1CC(C)C(N2CCCC2C(C)C)C(N)C1. The lowest BCUT2D eigenvalue weighted by Gasteiger charge is -2.46. The van der Waals surface area contributed by atoms with Gasteiger partial charge in [0.15, 0.2) is 0 Å². The van der Waals surface area contributed by atoms with Crippen molar-refractivity contribution in [1.82, 2.24) is 4.90 Å². The van der Waals surface area contributed by atoms with Crippen molar-refractivity contribution in [2.45, 2.75) is 71.5 Å². The smallest absolute Gasteiger partial charge is 0.0276 e. The van der Waals surface area contributed by atoms with Gasteiger partial charge in [-0.1, -0.05) is 27.7 Å². The molecule has 0 aromatic heterocycles. The molecule has 0 bridgehead atoms. The summed E-state index contributed by atoms with van der Waals surface area (Å²) in [5, 5.41) is 0. The van der Waals surface area contributed by atoms with Crippen molar-refractivity contribution >= 4 is 0 Å². The Morgan fingerprint density at radius 1 is 1.18 bits per heavy atom. The molecule has 0 aromatic carbocycles. The minimum Gasteiger partial charge on any atom is -0.326 e. The highest BCUT2D eigenvalue weighted by atomic mass is 15.2. The highest BCUT2D eigenvalue weighted by molar-refractivity contribution is 4.97. The molecule has 1 saturated carbocycles. The van der Waals surface area contributed by atoms with Crippen LogP contribution in [0.3, 0.4) is 0 Å². The van der Waals surface area contributed by atoms with Gasteiger partial charge in [-0.2, -0.15) is 0 Å². The van der Waals surface area contributed by atoms with Crippen molar-refractivity contribution < 1.29 is 0 Å². The van der Waals surface area contributed by atoms with Crippen LogP contribution in [-0.2, 0) is 0 Å². The van der Waals surface area contributed by atoms with E-state index in [2.05, 4.69) is 32.6 Å². The van der Waals surface area contributed by atoms with Crippen molar-refractivity contribution in [3.8, 4) is 0 Å². The third kappa shape index (κ3) is 2.68. The minimum absolute atomic E-state index is 0.396. The predicted molar refractivity (Wildman–Crippen MR) is 73.9 cm³/mol. The van der Waals surface area contributed by atoms with E-state index < -0.39 is 0 Å². The van der Waals surface area contributed by atoms with Gasteiger partial charge in [0, 0.05) is 18.1 Å². The van der Waals surface area contributed by atoms with Crippen molar-refractivity contribution in [2.24, 2.45) is 23.5 Å². The normalized spacial score (nSPS) is 44.5. The molecular formula is C15H30N2. The van der Waals surface area contributed by atoms with E-state index in [1.165, 1.54) is 32.2 Å². The Balaban J connectivity index is 2.09.